The summed E-state index contributed by atoms with van der Waals surface area (Å²) in [5, 5.41) is 3.66. The maximum atomic E-state index is 13.0. The largest absolute Gasteiger partial charge is 0.447 e. The summed E-state index contributed by atoms with van der Waals surface area (Å²) in [4.78, 5) is 40.5. The normalized spacial score (nSPS) is 21.8. The van der Waals surface area contributed by atoms with E-state index in [1.807, 2.05) is 30.3 Å². The highest BCUT2D eigenvalue weighted by Gasteiger charge is 2.43. The molecule has 136 valence electrons. The van der Waals surface area contributed by atoms with Crippen molar-refractivity contribution in [1.82, 2.24) is 4.90 Å². The molecule has 1 heterocycles. The maximum Gasteiger partial charge on any atom is 0.416 e. The van der Waals surface area contributed by atoms with Crippen LogP contribution in [0.4, 0.5) is 4.79 Å². The fraction of sp³-hybridized carbons (Fsp3) is 0.500. The van der Waals surface area contributed by atoms with E-state index in [2.05, 4.69) is 10.0 Å². The van der Waals surface area contributed by atoms with Gasteiger partial charge in [0.15, 0.2) is 0 Å². The highest BCUT2D eigenvalue weighted by atomic mass is 16.6. The molecule has 0 bridgehead atoms. The van der Waals surface area contributed by atoms with E-state index in [1.165, 1.54) is 0 Å². The number of ether oxygens (including phenoxy) is 1. The fourth-order valence-corrected chi connectivity index (χ4v) is 3.59. The van der Waals surface area contributed by atoms with Crippen molar-refractivity contribution in [2.45, 2.75) is 44.2 Å². The number of cyclic esters (lactones) is 1. The molecule has 1 aliphatic heterocycles. The van der Waals surface area contributed by atoms with E-state index in [0.717, 1.165) is 10.5 Å². The Bertz CT molecular complexity index is 735. The lowest BCUT2D eigenvalue weighted by atomic mass is 9.83. The Morgan fingerprint density at radius 3 is 2.62 bits per heavy atom. The Morgan fingerprint density at radius 1 is 1.27 bits per heavy atom. The number of benzene rings is 1. The van der Waals surface area contributed by atoms with E-state index in [4.69, 9.17) is 10.3 Å². The zero-order chi connectivity index (χ0) is 18.5. The maximum absolute atomic E-state index is 13.0. The predicted molar refractivity (Wildman–Crippen MR) is 92.0 cm³/mol. The third-order valence-corrected chi connectivity index (χ3v) is 4.98. The van der Waals surface area contributed by atoms with Gasteiger partial charge in [-0.05, 0) is 36.3 Å². The van der Waals surface area contributed by atoms with Crippen LogP contribution >= 0.6 is 0 Å². The number of hydrogen-bond donors (Lipinski definition) is 0. The second kappa shape index (κ2) is 8.01. The van der Waals surface area contributed by atoms with Gasteiger partial charge in [0.2, 0.25) is 5.91 Å². The molecule has 8 heteroatoms. The number of hydrogen-bond acceptors (Lipinski definition) is 5. The zero-order valence-corrected chi connectivity index (χ0v) is 14.3. The molecule has 2 atom stereocenters. The lowest BCUT2D eigenvalue weighted by Gasteiger charge is -2.29. The number of azide groups is 1. The van der Waals surface area contributed by atoms with Crippen LogP contribution in [-0.2, 0) is 20.7 Å². The summed E-state index contributed by atoms with van der Waals surface area (Å²) in [6, 6.07) is 8.09. The van der Waals surface area contributed by atoms with Crippen LogP contribution in [0, 0.1) is 5.92 Å². The molecule has 0 radical (unpaired) electrons. The third kappa shape index (κ3) is 3.86. The Morgan fingerprint density at radius 2 is 1.96 bits per heavy atom. The van der Waals surface area contributed by atoms with Gasteiger partial charge in [-0.2, -0.15) is 0 Å². The third-order valence-electron chi connectivity index (χ3n) is 4.98. The molecule has 1 aromatic rings. The lowest BCUT2D eigenvalue weighted by molar-refractivity contribution is -0.133. The van der Waals surface area contributed by atoms with Gasteiger partial charge < -0.3 is 4.74 Å². The Kier molecular flexibility index (Phi) is 5.53. The van der Waals surface area contributed by atoms with E-state index >= 15 is 0 Å². The van der Waals surface area contributed by atoms with Crippen molar-refractivity contribution in [2.24, 2.45) is 11.0 Å². The molecular formula is C18H20N4O4. The van der Waals surface area contributed by atoms with Crippen LogP contribution in [-0.4, -0.2) is 41.4 Å². The van der Waals surface area contributed by atoms with Gasteiger partial charge in [0.05, 0.1) is 6.04 Å². The molecule has 0 aromatic heterocycles. The van der Waals surface area contributed by atoms with Gasteiger partial charge >= 0.3 is 6.09 Å². The SMILES string of the molecule is [N-]=[N+]=NC(C(=O)N1C(=O)OCC1Cc1ccccc1)C1CCC(=O)CC1. The predicted octanol–water partition coefficient (Wildman–Crippen LogP) is 3.01. The van der Waals surface area contributed by atoms with Crippen LogP contribution in [0.5, 0.6) is 0 Å². The summed E-state index contributed by atoms with van der Waals surface area (Å²) in [5.74, 6) is -0.622. The van der Waals surface area contributed by atoms with E-state index in [-0.39, 0.29) is 18.3 Å². The van der Waals surface area contributed by atoms with Crippen LogP contribution in [0.25, 0.3) is 10.4 Å². The van der Waals surface area contributed by atoms with Gasteiger partial charge in [0, 0.05) is 17.8 Å². The summed E-state index contributed by atoms with van der Waals surface area (Å²) in [5.41, 5.74) is 9.87. The quantitative estimate of drug-likeness (QED) is 0.458. The van der Waals surface area contributed by atoms with Gasteiger partial charge in [0.25, 0.3) is 0 Å². The van der Waals surface area contributed by atoms with Gasteiger partial charge in [-0.3, -0.25) is 9.59 Å². The molecule has 1 saturated carbocycles. The topological polar surface area (TPSA) is 112 Å². The summed E-state index contributed by atoms with van der Waals surface area (Å²) in [6.45, 7) is 0.117. The number of rotatable bonds is 5. The van der Waals surface area contributed by atoms with Crippen molar-refractivity contribution < 1.29 is 19.1 Å². The van der Waals surface area contributed by atoms with Crippen molar-refractivity contribution in [2.75, 3.05) is 6.61 Å². The number of imide groups is 1. The molecule has 2 aliphatic rings. The highest BCUT2D eigenvalue weighted by Crippen LogP contribution is 2.29. The van der Waals surface area contributed by atoms with Gasteiger partial charge in [0.1, 0.15) is 18.4 Å². The van der Waals surface area contributed by atoms with Crippen LogP contribution in [0.1, 0.15) is 31.2 Å². The van der Waals surface area contributed by atoms with Crippen molar-refractivity contribution in [3.8, 4) is 0 Å². The van der Waals surface area contributed by atoms with Crippen LogP contribution in [0.3, 0.4) is 0 Å². The summed E-state index contributed by atoms with van der Waals surface area (Å²) in [7, 11) is 0. The number of nitrogens with zero attached hydrogens (tertiary/aromatic N) is 4. The zero-order valence-electron chi connectivity index (χ0n) is 14.3. The fourth-order valence-electron chi connectivity index (χ4n) is 3.59. The average molecular weight is 356 g/mol. The van der Waals surface area contributed by atoms with Gasteiger partial charge in [-0.1, -0.05) is 35.4 Å². The number of carbonyl (C=O) groups excluding carboxylic acids is 3. The molecule has 0 N–H and O–H groups in total. The molecule has 1 saturated heterocycles. The minimum Gasteiger partial charge on any atom is -0.447 e. The van der Waals surface area contributed by atoms with E-state index < -0.39 is 24.1 Å². The van der Waals surface area contributed by atoms with Crippen molar-refractivity contribution in [3.63, 3.8) is 0 Å². The van der Waals surface area contributed by atoms with Crippen LogP contribution < -0.4 is 0 Å². The van der Waals surface area contributed by atoms with Crippen LogP contribution in [0.2, 0.25) is 0 Å². The minimum absolute atomic E-state index is 0.117. The molecule has 8 nitrogen and oxygen atoms in total. The standard InChI is InChI=1S/C18H20N4O4/c19-21-20-16(13-6-8-15(23)9-7-13)17(24)22-14(11-26-18(22)25)10-12-4-2-1-3-5-12/h1-5,13-14,16H,6-11H2. The number of Topliss-reactive ketones (excluding diaryl/α,β-unsaturated/α-hetero) is 1. The van der Waals surface area contributed by atoms with Gasteiger partial charge in [-0.25, -0.2) is 9.69 Å². The van der Waals surface area contributed by atoms with Crippen molar-refractivity contribution in [1.29, 1.82) is 0 Å². The molecule has 2 amide bonds. The van der Waals surface area contributed by atoms with Crippen LogP contribution in [0.15, 0.2) is 35.4 Å². The Labute approximate surface area is 150 Å². The monoisotopic (exact) mass is 356 g/mol. The first-order chi connectivity index (χ1) is 12.6. The Hall–Kier alpha value is -2.86. The summed E-state index contributed by atoms with van der Waals surface area (Å²) in [6.07, 6.45) is 1.48. The van der Waals surface area contributed by atoms with Crippen molar-refractivity contribution in [3.05, 3.63) is 46.3 Å². The summed E-state index contributed by atoms with van der Waals surface area (Å²) >= 11 is 0. The number of carbonyl (C=O) groups is 3. The molecule has 2 fully saturated rings. The van der Waals surface area contributed by atoms with E-state index in [9.17, 15) is 14.4 Å². The first kappa shape index (κ1) is 17.9. The van der Waals surface area contributed by atoms with Gasteiger partial charge in [-0.15, -0.1) is 0 Å². The highest BCUT2D eigenvalue weighted by molar-refractivity contribution is 5.97. The first-order valence-corrected chi connectivity index (χ1v) is 8.70. The molecule has 2 unspecified atom stereocenters. The molecule has 26 heavy (non-hydrogen) atoms. The molecular weight excluding hydrogens is 336 g/mol. The molecule has 0 spiro atoms. The lowest BCUT2D eigenvalue weighted by Crippen LogP contribution is -2.47. The van der Waals surface area contributed by atoms with Crippen molar-refractivity contribution >= 4 is 17.8 Å². The number of amides is 2. The first-order valence-electron chi connectivity index (χ1n) is 8.70. The molecule has 1 aliphatic carbocycles. The average Bonchev–Trinajstić information content (AvgIpc) is 3.01. The number of ketones is 1. The van der Waals surface area contributed by atoms with E-state index in [1.54, 1.807) is 0 Å². The molecule has 1 aromatic carbocycles. The summed E-state index contributed by atoms with van der Waals surface area (Å²) < 4.78 is 5.08. The smallest absolute Gasteiger partial charge is 0.416 e. The second-order valence-corrected chi connectivity index (χ2v) is 6.65. The minimum atomic E-state index is -0.989. The second-order valence-electron chi connectivity index (χ2n) is 6.65. The van der Waals surface area contributed by atoms with E-state index in [0.29, 0.717) is 32.1 Å². The molecule has 3 rings (SSSR count). The Balaban J connectivity index is 1.78.